The third-order valence-corrected chi connectivity index (χ3v) is 7.95. The summed E-state index contributed by atoms with van der Waals surface area (Å²) in [5.41, 5.74) is 2.78. The number of nitrogens with zero attached hydrogens (tertiary/aromatic N) is 2. The fraction of sp³-hybridized carbons (Fsp3) is 0.321. The van der Waals surface area contributed by atoms with E-state index in [-0.39, 0.29) is 17.5 Å². The Morgan fingerprint density at radius 3 is 2.81 bits per heavy atom. The van der Waals surface area contributed by atoms with Gasteiger partial charge >= 0.3 is 5.97 Å². The second-order valence-corrected chi connectivity index (χ2v) is 10.4. The SMILES string of the molecule is Cc1sc2c(C)cc(F)cc2c1CCNc1ccnc(-c2cccc(C(=O)O)c2OC2CCCC2)n1. The average Bonchev–Trinajstić information content (AvgIpc) is 3.47. The lowest BCUT2D eigenvalue weighted by Gasteiger charge is -2.18. The molecule has 1 aliphatic rings. The van der Waals surface area contributed by atoms with Gasteiger partial charge < -0.3 is 15.2 Å². The number of nitrogens with one attached hydrogen (secondary N) is 1. The lowest BCUT2D eigenvalue weighted by molar-refractivity contribution is 0.0689. The van der Waals surface area contributed by atoms with Gasteiger partial charge in [0.15, 0.2) is 5.82 Å². The monoisotopic (exact) mass is 505 g/mol. The van der Waals surface area contributed by atoms with Gasteiger partial charge in [0.2, 0.25) is 0 Å². The minimum Gasteiger partial charge on any atom is -0.489 e. The molecule has 0 atom stereocenters. The van der Waals surface area contributed by atoms with Crippen molar-refractivity contribution in [2.45, 2.75) is 52.1 Å². The molecule has 0 aliphatic heterocycles. The molecule has 0 saturated heterocycles. The van der Waals surface area contributed by atoms with E-state index in [1.165, 1.54) is 4.88 Å². The predicted octanol–water partition coefficient (Wildman–Crippen LogP) is 6.79. The highest BCUT2D eigenvalue weighted by molar-refractivity contribution is 7.19. The second kappa shape index (κ2) is 10.2. The molecule has 1 aliphatic carbocycles. The van der Waals surface area contributed by atoms with Crippen molar-refractivity contribution in [2.24, 2.45) is 0 Å². The van der Waals surface area contributed by atoms with Gasteiger partial charge in [-0.05, 0) is 92.8 Å². The van der Waals surface area contributed by atoms with Gasteiger partial charge in [-0.25, -0.2) is 19.2 Å². The Kier molecular flexibility index (Phi) is 6.87. The number of aryl methyl sites for hydroxylation is 2. The molecule has 6 nitrogen and oxygen atoms in total. The van der Waals surface area contributed by atoms with Crippen LogP contribution in [0.3, 0.4) is 0 Å². The number of carbonyl (C=O) groups is 1. The van der Waals surface area contributed by atoms with Gasteiger partial charge in [-0.2, -0.15) is 0 Å². The summed E-state index contributed by atoms with van der Waals surface area (Å²) in [6, 6.07) is 10.0. The van der Waals surface area contributed by atoms with Crippen LogP contribution in [-0.2, 0) is 6.42 Å². The molecular weight excluding hydrogens is 477 g/mol. The molecule has 2 N–H and O–H groups in total. The topological polar surface area (TPSA) is 84.3 Å². The summed E-state index contributed by atoms with van der Waals surface area (Å²) in [5, 5.41) is 14.1. The van der Waals surface area contributed by atoms with Crippen LogP contribution in [0.5, 0.6) is 5.75 Å². The van der Waals surface area contributed by atoms with Crippen LogP contribution in [0.4, 0.5) is 10.2 Å². The van der Waals surface area contributed by atoms with Crippen LogP contribution >= 0.6 is 11.3 Å². The van der Waals surface area contributed by atoms with E-state index in [1.807, 2.05) is 6.92 Å². The number of aromatic carboxylic acids is 1. The number of ether oxygens (including phenoxy) is 1. The Morgan fingerprint density at radius 2 is 2.03 bits per heavy atom. The fourth-order valence-electron chi connectivity index (χ4n) is 4.89. The van der Waals surface area contributed by atoms with Gasteiger partial charge in [0.1, 0.15) is 22.9 Å². The number of para-hydroxylation sites is 1. The van der Waals surface area contributed by atoms with Crippen LogP contribution in [0, 0.1) is 19.7 Å². The van der Waals surface area contributed by atoms with Crippen molar-refractivity contribution in [2.75, 3.05) is 11.9 Å². The lowest BCUT2D eigenvalue weighted by Crippen LogP contribution is -2.15. The number of carboxylic acid groups (broad SMARTS) is 1. The highest BCUT2D eigenvalue weighted by atomic mass is 32.1. The molecule has 0 radical (unpaired) electrons. The van der Waals surface area contributed by atoms with E-state index in [4.69, 9.17) is 4.74 Å². The number of benzene rings is 2. The zero-order valence-electron chi connectivity index (χ0n) is 20.3. The molecule has 36 heavy (non-hydrogen) atoms. The first kappa shape index (κ1) is 24.2. The minimum absolute atomic E-state index is 0.00250. The maximum Gasteiger partial charge on any atom is 0.339 e. The highest BCUT2D eigenvalue weighted by Crippen LogP contribution is 2.36. The van der Waals surface area contributed by atoms with Crippen LogP contribution in [0.1, 0.15) is 52.0 Å². The lowest BCUT2D eigenvalue weighted by atomic mass is 10.1. The van der Waals surface area contributed by atoms with Gasteiger partial charge in [0, 0.05) is 22.3 Å². The Balaban J connectivity index is 1.37. The van der Waals surface area contributed by atoms with Crippen molar-refractivity contribution in [1.29, 1.82) is 0 Å². The van der Waals surface area contributed by atoms with E-state index in [1.54, 1.807) is 53.9 Å². The average molecular weight is 506 g/mol. The molecule has 0 unspecified atom stereocenters. The van der Waals surface area contributed by atoms with Gasteiger partial charge in [-0.3, -0.25) is 0 Å². The Bertz CT molecular complexity index is 1430. The third-order valence-electron chi connectivity index (χ3n) is 6.65. The maximum atomic E-state index is 14.0. The van der Waals surface area contributed by atoms with E-state index in [2.05, 4.69) is 22.2 Å². The van der Waals surface area contributed by atoms with Gasteiger partial charge in [-0.1, -0.05) is 6.07 Å². The van der Waals surface area contributed by atoms with E-state index in [0.717, 1.165) is 53.3 Å². The summed E-state index contributed by atoms with van der Waals surface area (Å²) in [4.78, 5) is 22.2. The molecule has 2 aromatic heterocycles. The van der Waals surface area contributed by atoms with Crippen LogP contribution in [-0.4, -0.2) is 33.7 Å². The molecule has 0 amide bonds. The Labute approximate surface area is 213 Å². The van der Waals surface area contributed by atoms with Crippen molar-refractivity contribution < 1.29 is 19.0 Å². The minimum atomic E-state index is -1.04. The van der Waals surface area contributed by atoms with Crippen LogP contribution in [0.2, 0.25) is 0 Å². The summed E-state index contributed by atoms with van der Waals surface area (Å²) < 4.78 is 21.4. The van der Waals surface area contributed by atoms with E-state index in [0.29, 0.717) is 29.5 Å². The molecule has 0 spiro atoms. The van der Waals surface area contributed by atoms with E-state index >= 15 is 0 Å². The molecule has 5 rings (SSSR count). The van der Waals surface area contributed by atoms with E-state index in [9.17, 15) is 14.3 Å². The molecule has 0 bridgehead atoms. The van der Waals surface area contributed by atoms with Gasteiger partial charge in [-0.15, -0.1) is 11.3 Å². The second-order valence-electron chi connectivity index (χ2n) is 9.19. The first-order valence-electron chi connectivity index (χ1n) is 12.2. The normalized spacial score (nSPS) is 13.9. The molecule has 1 saturated carbocycles. The largest absolute Gasteiger partial charge is 0.489 e. The first-order chi connectivity index (χ1) is 17.4. The van der Waals surface area contributed by atoms with Gasteiger partial charge in [0.05, 0.1) is 11.7 Å². The zero-order chi connectivity index (χ0) is 25.2. The predicted molar refractivity (Wildman–Crippen MR) is 141 cm³/mol. The number of aromatic nitrogens is 2. The number of anilines is 1. The quantitative estimate of drug-likeness (QED) is 0.274. The van der Waals surface area contributed by atoms with Crippen molar-refractivity contribution in [3.05, 3.63) is 70.0 Å². The summed E-state index contributed by atoms with van der Waals surface area (Å²) in [6.45, 7) is 4.62. The number of hydrogen-bond donors (Lipinski definition) is 2. The number of fused-ring (bicyclic) bond motifs is 1. The highest BCUT2D eigenvalue weighted by Gasteiger charge is 2.24. The Morgan fingerprint density at radius 1 is 1.22 bits per heavy atom. The maximum absolute atomic E-state index is 14.0. The summed E-state index contributed by atoms with van der Waals surface area (Å²) in [5.74, 6) is 0.112. The number of halogens is 1. The van der Waals surface area contributed by atoms with E-state index < -0.39 is 5.97 Å². The molecule has 4 aromatic rings. The molecule has 1 fully saturated rings. The van der Waals surface area contributed by atoms with Crippen molar-refractivity contribution in [3.8, 4) is 17.1 Å². The standard InChI is InChI=1S/C28H28FN3O3S/c1-16-14-18(29)15-23-20(17(2)36-26(16)23)10-12-30-24-11-13-31-27(32-24)21-8-5-9-22(28(33)34)25(21)35-19-6-3-4-7-19/h5,8-9,11,13-15,19H,3-4,6-7,10,12H2,1-2H3,(H,33,34)(H,30,31,32). The molecule has 2 heterocycles. The van der Waals surface area contributed by atoms with Crippen molar-refractivity contribution >= 4 is 33.2 Å². The summed E-state index contributed by atoms with van der Waals surface area (Å²) in [7, 11) is 0. The Hall–Kier alpha value is -3.52. The number of rotatable bonds is 8. The van der Waals surface area contributed by atoms with Crippen LogP contribution in [0.15, 0.2) is 42.6 Å². The van der Waals surface area contributed by atoms with Crippen molar-refractivity contribution in [1.82, 2.24) is 9.97 Å². The molecule has 8 heteroatoms. The van der Waals surface area contributed by atoms with Crippen LogP contribution < -0.4 is 10.1 Å². The smallest absolute Gasteiger partial charge is 0.339 e. The van der Waals surface area contributed by atoms with Crippen molar-refractivity contribution in [3.63, 3.8) is 0 Å². The molecule has 186 valence electrons. The van der Waals surface area contributed by atoms with Crippen LogP contribution in [0.25, 0.3) is 21.5 Å². The fourth-order valence-corrected chi connectivity index (χ4v) is 6.04. The van der Waals surface area contributed by atoms with Gasteiger partial charge in [0.25, 0.3) is 0 Å². The summed E-state index contributed by atoms with van der Waals surface area (Å²) in [6.07, 6.45) is 6.36. The number of hydrogen-bond acceptors (Lipinski definition) is 6. The zero-order valence-corrected chi connectivity index (χ0v) is 21.1. The number of carboxylic acids is 1. The third kappa shape index (κ3) is 4.91. The molecular formula is C28H28FN3O3S. The summed E-state index contributed by atoms with van der Waals surface area (Å²) >= 11 is 1.70. The molecule has 2 aromatic carbocycles. The number of thiophene rings is 1. The first-order valence-corrected chi connectivity index (χ1v) is 13.0.